The zero-order valence-electron chi connectivity index (χ0n) is 12.0. The van der Waals surface area contributed by atoms with Gasteiger partial charge in [-0.1, -0.05) is 0 Å². The highest BCUT2D eigenvalue weighted by Gasteiger charge is 2.16. The Hall–Kier alpha value is -1.82. The van der Waals surface area contributed by atoms with Crippen molar-refractivity contribution < 1.29 is 8.42 Å². The number of rotatable bonds is 3. The number of hydrogen-bond donors (Lipinski definition) is 1. The van der Waals surface area contributed by atoms with E-state index >= 15 is 0 Å². The highest BCUT2D eigenvalue weighted by Crippen LogP contribution is 2.32. The molecule has 0 spiro atoms. The van der Waals surface area contributed by atoms with Crippen molar-refractivity contribution in [3.05, 3.63) is 30.5 Å². The Kier molecular flexibility index (Phi) is 3.71. The molecule has 0 aliphatic carbocycles. The van der Waals surface area contributed by atoms with E-state index in [0.29, 0.717) is 11.2 Å². The summed E-state index contributed by atoms with van der Waals surface area (Å²) in [5, 5.41) is 0.994. The lowest BCUT2D eigenvalue weighted by atomic mass is 10.1. The monoisotopic (exact) mass is 305 g/mol. The third kappa shape index (κ3) is 3.10. The molecule has 1 saturated heterocycles. The van der Waals surface area contributed by atoms with Gasteiger partial charge >= 0.3 is 0 Å². The van der Waals surface area contributed by atoms with Crippen molar-refractivity contribution in [3.8, 4) is 0 Å². The lowest BCUT2D eigenvalue weighted by Gasteiger charge is -2.30. The van der Waals surface area contributed by atoms with Gasteiger partial charge in [-0.3, -0.25) is 9.71 Å². The lowest BCUT2D eigenvalue weighted by Crippen LogP contribution is -2.29. The van der Waals surface area contributed by atoms with Gasteiger partial charge < -0.3 is 4.90 Å². The third-order valence-electron chi connectivity index (χ3n) is 3.74. The SMILES string of the molecule is CS(=O)(=O)Nc1ccc(N2CCCCC2)c2cccnc12. The Labute approximate surface area is 125 Å². The molecule has 0 amide bonds. The molecule has 1 aromatic heterocycles. The Bertz CT molecular complexity index is 753. The number of piperidine rings is 1. The predicted molar refractivity (Wildman–Crippen MR) is 86.3 cm³/mol. The molecule has 0 bridgehead atoms. The predicted octanol–water partition coefficient (Wildman–Crippen LogP) is 2.60. The second-order valence-corrected chi connectivity index (χ2v) is 7.20. The Morgan fingerprint density at radius 3 is 2.62 bits per heavy atom. The molecule has 2 aromatic rings. The maximum absolute atomic E-state index is 11.5. The summed E-state index contributed by atoms with van der Waals surface area (Å²) in [4.78, 5) is 6.73. The first-order valence-corrected chi connectivity index (χ1v) is 9.04. The fourth-order valence-corrected chi connectivity index (χ4v) is 3.41. The minimum atomic E-state index is -3.31. The first kappa shape index (κ1) is 14.1. The molecule has 1 aliphatic heterocycles. The molecule has 112 valence electrons. The molecule has 21 heavy (non-hydrogen) atoms. The van der Waals surface area contributed by atoms with Gasteiger partial charge in [0.15, 0.2) is 0 Å². The van der Waals surface area contributed by atoms with E-state index in [0.717, 1.165) is 30.4 Å². The van der Waals surface area contributed by atoms with E-state index in [1.165, 1.54) is 19.3 Å². The van der Waals surface area contributed by atoms with E-state index < -0.39 is 10.0 Å². The summed E-state index contributed by atoms with van der Waals surface area (Å²) in [5.74, 6) is 0. The van der Waals surface area contributed by atoms with Gasteiger partial charge in [0, 0.05) is 30.4 Å². The zero-order chi connectivity index (χ0) is 14.9. The first-order chi connectivity index (χ1) is 10.0. The minimum absolute atomic E-state index is 0.536. The van der Waals surface area contributed by atoms with E-state index in [9.17, 15) is 8.42 Å². The lowest BCUT2D eigenvalue weighted by molar-refractivity contribution is 0.579. The van der Waals surface area contributed by atoms with Gasteiger partial charge in [-0.2, -0.15) is 0 Å². The Balaban J connectivity index is 2.10. The van der Waals surface area contributed by atoms with Gasteiger partial charge in [0.2, 0.25) is 10.0 Å². The average molecular weight is 305 g/mol. The Morgan fingerprint density at radius 1 is 1.14 bits per heavy atom. The number of nitrogens with one attached hydrogen (secondary N) is 1. The van der Waals surface area contributed by atoms with Crippen molar-refractivity contribution in [2.24, 2.45) is 0 Å². The summed E-state index contributed by atoms with van der Waals surface area (Å²) in [6, 6.07) is 7.68. The smallest absolute Gasteiger partial charge is 0.229 e. The minimum Gasteiger partial charge on any atom is -0.371 e. The molecule has 0 atom stereocenters. The molecule has 5 nitrogen and oxygen atoms in total. The number of hydrogen-bond acceptors (Lipinski definition) is 4. The second kappa shape index (κ2) is 5.52. The van der Waals surface area contributed by atoms with Crippen LogP contribution in [0.4, 0.5) is 11.4 Å². The summed E-state index contributed by atoms with van der Waals surface area (Å²) in [5.41, 5.74) is 2.37. The van der Waals surface area contributed by atoms with E-state index in [1.807, 2.05) is 18.2 Å². The van der Waals surface area contributed by atoms with Gasteiger partial charge in [0.1, 0.15) is 0 Å². The molecule has 1 N–H and O–H groups in total. The normalized spacial score (nSPS) is 16.1. The van der Waals surface area contributed by atoms with Gasteiger partial charge in [-0.15, -0.1) is 0 Å². The number of sulfonamides is 1. The second-order valence-electron chi connectivity index (χ2n) is 5.45. The molecule has 0 unspecified atom stereocenters. The summed E-state index contributed by atoms with van der Waals surface area (Å²) in [6.07, 6.45) is 6.52. The van der Waals surface area contributed by atoms with E-state index in [1.54, 1.807) is 12.3 Å². The van der Waals surface area contributed by atoms with Crippen LogP contribution in [0.2, 0.25) is 0 Å². The van der Waals surface area contributed by atoms with Crippen LogP contribution in [-0.2, 0) is 10.0 Å². The number of fused-ring (bicyclic) bond motifs is 1. The summed E-state index contributed by atoms with van der Waals surface area (Å²) in [7, 11) is -3.31. The molecule has 1 aromatic carbocycles. The van der Waals surface area contributed by atoms with Crippen molar-refractivity contribution in [1.29, 1.82) is 0 Å². The van der Waals surface area contributed by atoms with Crippen molar-refractivity contribution in [3.63, 3.8) is 0 Å². The maximum Gasteiger partial charge on any atom is 0.229 e. The Morgan fingerprint density at radius 2 is 1.90 bits per heavy atom. The number of benzene rings is 1. The molecule has 0 radical (unpaired) electrons. The van der Waals surface area contributed by atoms with Crippen molar-refractivity contribution in [2.75, 3.05) is 29.0 Å². The molecule has 2 heterocycles. The molecule has 3 rings (SSSR count). The van der Waals surface area contributed by atoms with Crippen molar-refractivity contribution >= 4 is 32.3 Å². The van der Waals surface area contributed by atoms with Crippen molar-refractivity contribution in [2.45, 2.75) is 19.3 Å². The quantitative estimate of drug-likeness (QED) is 0.947. The highest BCUT2D eigenvalue weighted by molar-refractivity contribution is 7.92. The largest absolute Gasteiger partial charge is 0.371 e. The molecule has 1 fully saturated rings. The van der Waals surface area contributed by atoms with E-state index in [-0.39, 0.29) is 0 Å². The van der Waals surface area contributed by atoms with Crippen LogP contribution in [0.5, 0.6) is 0 Å². The number of nitrogens with zero attached hydrogens (tertiary/aromatic N) is 2. The van der Waals surface area contributed by atoms with Crippen LogP contribution < -0.4 is 9.62 Å². The van der Waals surface area contributed by atoms with Crippen LogP contribution in [0.25, 0.3) is 10.9 Å². The van der Waals surface area contributed by atoms with E-state index in [2.05, 4.69) is 14.6 Å². The third-order valence-corrected chi connectivity index (χ3v) is 4.33. The van der Waals surface area contributed by atoms with Gasteiger partial charge in [0.05, 0.1) is 17.5 Å². The fourth-order valence-electron chi connectivity index (χ4n) is 2.85. The summed E-state index contributed by atoms with van der Waals surface area (Å²) < 4.78 is 25.5. The standard InChI is InChI=1S/C15H19N3O2S/c1-21(19,20)17-13-7-8-14(18-10-3-2-4-11-18)12-6-5-9-16-15(12)13/h5-9,17H,2-4,10-11H2,1H3. The number of anilines is 2. The van der Waals surface area contributed by atoms with Gasteiger partial charge in [-0.05, 0) is 43.5 Å². The maximum atomic E-state index is 11.5. The molecular weight excluding hydrogens is 286 g/mol. The average Bonchev–Trinajstić information content (AvgIpc) is 2.47. The summed E-state index contributed by atoms with van der Waals surface area (Å²) >= 11 is 0. The summed E-state index contributed by atoms with van der Waals surface area (Å²) in [6.45, 7) is 2.09. The molecule has 0 saturated carbocycles. The molecule has 6 heteroatoms. The van der Waals surface area contributed by atoms with Crippen LogP contribution in [0, 0.1) is 0 Å². The van der Waals surface area contributed by atoms with E-state index in [4.69, 9.17) is 0 Å². The topological polar surface area (TPSA) is 62.3 Å². The van der Waals surface area contributed by atoms with Crippen LogP contribution >= 0.6 is 0 Å². The van der Waals surface area contributed by atoms with Crippen LogP contribution in [-0.4, -0.2) is 32.7 Å². The van der Waals surface area contributed by atoms with Crippen molar-refractivity contribution in [1.82, 2.24) is 4.98 Å². The highest BCUT2D eigenvalue weighted by atomic mass is 32.2. The van der Waals surface area contributed by atoms with Crippen LogP contribution in [0.3, 0.4) is 0 Å². The van der Waals surface area contributed by atoms with Gasteiger partial charge in [0.25, 0.3) is 0 Å². The van der Waals surface area contributed by atoms with Crippen LogP contribution in [0.1, 0.15) is 19.3 Å². The molecule has 1 aliphatic rings. The van der Waals surface area contributed by atoms with Crippen LogP contribution in [0.15, 0.2) is 30.5 Å². The number of aromatic nitrogens is 1. The number of pyridine rings is 1. The zero-order valence-corrected chi connectivity index (χ0v) is 12.9. The first-order valence-electron chi connectivity index (χ1n) is 7.15. The van der Waals surface area contributed by atoms with Gasteiger partial charge in [-0.25, -0.2) is 8.42 Å². The fraction of sp³-hybridized carbons (Fsp3) is 0.400. The molecular formula is C15H19N3O2S.